The summed E-state index contributed by atoms with van der Waals surface area (Å²) in [6.07, 6.45) is 2.78. The highest BCUT2D eigenvalue weighted by Gasteiger charge is 2.18. The summed E-state index contributed by atoms with van der Waals surface area (Å²) in [7, 11) is 0. The molecule has 0 aliphatic carbocycles. The summed E-state index contributed by atoms with van der Waals surface area (Å²) in [5.41, 5.74) is 0.694. The normalized spacial score (nSPS) is 13.7. The van der Waals surface area contributed by atoms with E-state index < -0.39 is 12.1 Å². The average molecular weight is 339 g/mol. The van der Waals surface area contributed by atoms with Crippen LogP contribution in [0.25, 0.3) is 32.8 Å². The van der Waals surface area contributed by atoms with E-state index in [1.165, 1.54) is 17.5 Å². The Kier molecular flexibility index (Phi) is 3.07. The lowest BCUT2D eigenvalue weighted by Gasteiger charge is -2.04. The van der Waals surface area contributed by atoms with Crippen LogP contribution in [0, 0.1) is 0 Å². The highest BCUT2D eigenvalue weighted by atomic mass is 32.1. The standard InChI is InChI=1S/C16H9N3O4S/c20-15(21)9-6-18-19(16(22)23)7-12-14(9)13-8-2-1-5-17-10(8)3-4-11(13)24-12/h1-7H,(H,20,21)(H,22,23). The Morgan fingerprint density at radius 3 is 2.75 bits per heavy atom. The molecule has 3 aromatic rings. The number of carbonyl (C=O) groups is 2. The molecular formula is C16H9N3O4S. The van der Waals surface area contributed by atoms with Crippen molar-refractivity contribution in [1.82, 2.24) is 9.99 Å². The van der Waals surface area contributed by atoms with Crippen LogP contribution in [0.15, 0.2) is 35.6 Å². The third-order valence-corrected chi connectivity index (χ3v) is 4.80. The number of benzene rings is 1. The molecule has 1 amide bonds. The second kappa shape index (κ2) is 5.14. The highest BCUT2D eigenvalue weighted by Crippen LogP contribution is 2.24. The Morgan fingerprint density at radius 1 is 1.17 bits per heavy atom. The van der Waals surface area contributed by atoms with Gasteiger partial charge in [-0.2, -0.15) is 10.1 Å². The van der Waals surface area contributed by atoms with Gasteiger partial charge in [-0.05, 0) is 18.2 Å². The predicted molar refractivity (Wildman–Crippen MR) is 90.2 cm³/mol. The van der Waals surface area contributed by atoms with Gasteiger partial charge in [-0.3, -0.25) is 4.98 Å². The Hall–Kier alpha value is -3.26. The number of hydrogen-bond donors (Lipinski definition) is 2. The summed E-state index contributed by atoms with van der Waals surface area (Å²) in [5.74, 6) is -1.17. The number of amides is 1. The molecule has 2 N–H and O–H groups in total. The van der Waals surface area contributed by atoms with Crippen molar-refractivity contribution >= 4 is 62.4 Å². The van der Waals surface area contributed by atoms with Crippen molar-refractivity contribution in [3.05, 3.63) is 40.2 Å². The lowest BCUT2D eigenvalue weighted by atomic mass is 10.1. The number of nitrogens with zero attached hydrogens (tertiary/aromatic N) is 3. The molecule has 4 rings (SSSR count). The van der Waals surface area contributed by atoms with E-state index in [2.05, 4.69) is 10.1 Å². The first kappa shape index (κ1) is 14.3. The minimum Gasteiger partial charge on any atom is -0.478 e. The van der Waals surface area contributed by atoms with E-state index in [1.54, 1.807) is 12.3 Å². The monoisotopic (exact) mass is 339 g/mol. The molecule has 7 nitrogen and oxygen atoms in total. The van der Waals surface area contributed by atoms with Crippen LogP contribution < -0.4 is 9.75 Å². The smallest absolute Gasteiger partial charge is 0.432 e. The van der Waals surface area contributed by atoms with Gasteiger partial charge in [0.2, 0.25) is 0 Å². The Morgan fingerprint density at radius 2 is 2.00 bits per heavy atom. The second-order valence-corrected chi connectivity index (χ2v) is 6.15. The largest absolute Gasteiger partial charge is 0.478 e. The molecule has 0 unspecified atom stereocenters. The van der Waals surface area contributed by atoms with Gasteiger partial charge in [-0.15, -0.1) is 11.3 Å². The van der Waals surface area contributed by atoms with Crippen molar-refractivity contribution in [1.29, 1.82) is 0 Å². The van der Waals surface area contributed by atoms with Crippen molar-refractivity contribution in [2.24, 2.45) is 5.10 Å². The van der Waals surface area contributed by atoms with E-state index in [0.717, 1.165) is 27.2 Å². The van der Waals surface area contributed by atoms with E-state index in [-0.39, 0.29) is 5.57 Å². The summed E-state index contributed by atoms with van der Waals surface area (Å²) < 4.78 is 1.38. The predicted octanol–water partition coefficient (Wildman–Crippen LogP) is 1.40. The van der Waals surface area contributed by atoms with Crippen LogP contribution in [0.5, 0.6) is 0 Å². The molecule has 118 valence electrons. The number of rotatable bonds is 1. The van der Waals surface area contributed by atoms with Crippen molar-refractivity contribution in [2.45, 2.75) is 0 Å². The number of aliphatic carboxylic acids is 1. The number of carboxylic acid groups (broad SMARTS) is 2. The summed E-state index contributed by atoms with van der Waals surface area (Å²) in [5, 5.41) is 25.2. The lowest BCUT2D eigenvalue weighted by Crippen LogP contribution is -2.27. The number of thiophene rings is 1. The molecule has 0 fully saturated rings. The zero-order valence-electron chi connectivity index (χ0n) is 12.0. The van der Waals surface area contributed by atoms with Crippen LogP contribution in [0.1, 0.15) is 0 Å². The molecule has 1 aliphatic heterocycles. The Balaban J connectivity index is 2.29. The molecule has 0 radical (unpaired) electrons. The van der Waals surface area contributed by atoms with E-state index in [0.29, 0.717) is 14.8 Å². The summed E-state index contributed by atoms with van der Waals surface area (Å²) in [6, 6.07) is 7.37. The zero-order valence-corrected chi connectivity index (χ0v) is 12.8. The molecule has 0 saturated heterocycles. The average Bonchev–Trinajstić information content (AvgIpc) is 2.81. The minimum absolute atomic E-state index is 0.0485. The van der Waals surface area contributed by atoms with Gasteiger partial charge < -0.3 is 10.2 Å². The van der Waals surface area contributed by atoms with Crippen LogP contribution in [0.4, 0.5) is 4.79 Å². The van der Waals surface area contributed by atoms with Gasteiger partial charge in [0.05, 0.1) is 28.0 Å². The molecule has 0 atom stereocenters. The number of carboxylic acids is 1. The molecule has 0 spiro atoms. The van der Waals surface area contributed by atoms with Crippen LogP contribution in [-0.4, -0.2) is 38.5 Å². The van der Waals surface area contributed by atoms with Gasteiger partial charge in [0, 0.05) is 26.9 Å². The Labute approximate surface area is 138 Å². The van der Waals surface area contributed by atoms with Crippen molar-refractivity contribution in [2.75, 3.05) is 0 Å². The molecule has 8 heteroatoms. The molecular weight excluding hydrogens is 330 g/mol. The SMILES string of the molecule is O=C(O)C1=c2c(sc3ccc4ncccc4c23)=CN(C(=O)O)N=C1. The number of hydrazone groups is 1. The lowest BCUT2D eigenvalue weighted by molar-refractivity contribution is -0.130. The van der Waals surface area contributed by atoms with Gasteiger partial charge in [0.1, 0.15) is 0 Å². The zero-order chi connectivity index (χ0) is 16.8. The van der Waals surface area contributed by atoms with E-state index in [4.69, 9.17) is 0 Å². The minimum atomic E-state index is -1.28. The number of fused-ring (bicyclic) bond motifs is 5. The first-order chi connectivity index (χ1) is 11.6. The van der Waals surface area contributed by atoms with E-state index in [1.807, 2.05) is 18.2 Å². The van der Waals surface area contributed by atoms with Gasteiger partial charge >= 0.3 is 12.1 Å². The maximum Gasteiger partial charge on any atom is 0.432 e. The third-order valence-electron chi connectivity index (χ3n) is 3.71. The van der Waals surface area contributed by atoms with Gasteiger partial charge in [0.25, 0.3) is 0 Å². The van der Waals surface area contributed by atoms with E-state index >= 15 is 0 Å². The summed E-state index contributed by atoms with van der Waals surface area (Å²) >= 11 is 1.32. The van der Waals surface area contributed by atoms with Crippen LogP contribution in [0.3, 0.4) is 0 Å². The number of aromatic nitrogens is 1. The van der Waals surface area contributed by atoms with Crippen molar-refractivity contribution in [3.8, 4) is 0 Å². The number of hydrogen-bond acceptors (Lipinski definition) is 5. The molecule has 1 aliphatic rings. The fourth-order valence-electron chi connectivity index (χ4n) is 2.72. The van der Waals surface area contributed by atoms with Crippen LogP contribution in [0.2, 0.25) is 0 Å². The third kappa shape index (κ3) is 2.04. The van der Waals surface area contributed by atoms with Crippen molar-refractivity contribution < 1.29 is 19.8 Å². The molecule has 2 aromatic heterocycles. The Bertz CT molecular complexity index is 1180. The highest BCUT2D eigenvalue weighted by molar-refractivity contribution is 7.17. The van der Waals surface area contributed by atoms with E-state index in [9.17, 15) is 19.8 Å². The van der Waals surface area contributed by atoms with Crippen molar-refractivity contribution in [3.63, 3.8) is 0 Å². The summed E-state index contributed by atoms with van der Waals surface area (Å²) in [4.78, 5) is 27.2. The second-order valence-electron chi connectivity index (χ2n) is 5.07. The fraction of sp³-hybridized carbons (Fsp3) is 0. The van der Waals surface area contributed by atoms with Crippen LogP contribution in [-0.2, 0) is 4.79 Å². The topological polar surface area (TPSA) is 103 Å². The van der Waals surface area contributed by atoms with Gasteiger partial charge in [-0.1, -0.05) is 6.07 Å². The van der Waals surface area contributed by atoms with Gasteiger partial charge in [-0.25, -0.2) is 9.59 Å². The maximum atomic E-state index is 11.7. The molecule has 0 saturated carbocycles. The summed E-state index contributed by atoms with van der Waals surface area (Å²) in [6.45, 7) is 0. The first-order valence-corrected chi connectivity index (χ1v) is 7.70. The molecule has 3 heterocycles. The first-order valence-electron chi connectivity index (χ1n) is 6.88. The molecule has 24 heavy (non-hydrogen) atoms. The maximum absolute atomic E-state index is 11.7. The quantitative estimate of drug-likeness (QED) is 0.697. The van der Waals surface area contributed by atoms with Crippen LogP contribution >= 0.6 is 11.3 Å². The fourth-order valence-corrected chi connectivity index (χ4v) is 3.88. The molecule has 1 aromatic carbocycles. The number of pyridine rings is 1. The molecule has 0 bridgehead atoms. The van der Waals surface area contributed by atoms with Gasteiger partial charge in [0.15, 0.2) is 0 Å².